The highest BCUT2D eigenvalue weighted by atomic mass is 16.2. The second-order valence-electron chi connectivity index (χ2n) is 7.65. The minimum absolute atomic E-state index is 0.0806. The molecule has 5 nitrogen and oxygen atoms in total. The third-order valence-corrected chi connectivity index (χ3v) is 5.63. The summed E-state index contributed by atoms with van der Waals surface area (Å²) in [6.45, 7) is 4.26. The van der Waals surface area contributed by atoms with Crippen molar-refractivity contribution in [1.29, 1.82) is 0 Å². The van der Waals surface area contributed by atoms with Gasteiger partial charge in [0.2, 0.25) is 5.91 Å². The van der Waals surface area contributed by atoms with E-state index in [4.69, 9.17) is 0 Å². The average Bonchev–Trinajstić information content (AvgIpc) is 3.47. The monoisotopic (exact) mass is 327 g/mol. The van der Waals surface area contributed by atoms with Crippen LogP contribution in [-0.2, 0) is 10.2 Å². The molecule has 1 N–H and O–H groups in total. The van der Waals surface area contributed by atoms with Crippen LogP contribution in [-0.4, -0.2) is 48.0 Å². The number of aryl methyl sites for hydroxylation is 1. The van der Waals surface area contributed by atoms with Gasteiger partial charge in [-0.25, -0.2) is 4.79 Å². The van der Waals surface area contributed by atoms with Crippen LogP contribution in [0.3, 0.4) is 0 Å². The first-order chi connectivity index (χ1) is 11.6. The molecular weight excluding hydrogens is 302 g/mol. The van der Waals surface area contributed by atoms with E-state index in [0.717, 1.165) is 19.4 Å². The topological polar surface area (TPSA) is 52.7 Å². The number of nitrogens with one attached hydrogen (secondary N) is 1. The Kier molecular flexibility index (Phi) is 3.74. The van der Waals surface area contributed by atoms with E-state index in [1.807, 2.05) is 4.90 Å². The van der Waals surface area contributed by atoms with E-state index in [-0.39, 0.29) is 23.9 Å². The van der Waals surface area contributed by atoms with E-state index in [0.29, 0.717) is 19.1 Å². The van der Waals surface area contributed by atoms with E-state index in [1.165, 1.54) is 24.0 Å². The van der Waals surface area contributed by atoms with Gasteiger partial charge in [0.25, 0.3) is 0 Å². The molecule has 4 rings (SSSR count). The Hall–Kier alpha value is -2.04. The van der Waals surface area contributed by atoms with Crippen molar-refractivity contribution in [2.75, 3.05) is 26.3 Å². The SMILES string of the molecule is Cc1ccccc1C1(CNC(=O)N2CC(=O)N(CC3CC3)C2)CC1. The molecule has 1 heterocycles. The summed E-state index contributed by atoms with van der Waals surface area (Å²) in [4.78, 5) is 28.0. The van der Waals surface area contributed by atoms with Crippen molar-refractivity contribution in [3.8, 4) is 0 Å². The highest BCUT2D eigenvalue weighted by molar-refractivity contribution is 5.87. The number of carbonyl (C=O) groups is 2. The molecule has 0 spiro atoms. The van der Waals surface area contributed by atoms with Crippen molar-refractivity contribution in [3.05, 3.63) is 35.4 Å². The predicted molar refractivity (Wildman–Crippen MR) is 91.5 cm³/mol. The van der Waals surface area contributed by atoms with E-state index in [9.17, 15) is 9.59 Å². The quantitative estimate of drug-likeness (QED) is 0.902. The first-order valence-corrected chi connectivity index (χ1v) is 8.94. The lowest BCUT2D eigenvalue weighted by Crippen LogP contribution is -2.42. The van der Waals surface area contributed by atoms with Crippen LogP contribution < -0.4 is 5.32 Å². The molecular formula is C19H25N3O2. The van der Waals surface area contributed by atoms with Gasteiger partial charge in [0.1, 0.15) is 6.54 Å². The van der Waals surface area contributed by atoms with Crippen LogP contribution in [0, 0.1) is 12.8 Å². The molecule has 0 unspecified atom stereocenters. The number of hydrogen-bond donors (Lipinski definition) is 1. The molecule has 2 saturated carbocycles. The van der Waals surface area contributed by atoms with Crippen LogP contribution >= 0.6 is 0 Å². The maximum absolute atomic E-state index is 12.5. The molecule has 0 bridgehead atoms. The van der Waals surface area contributed by atoms with Gasteiger partial charge in [-0.05, 0) is 49.7 Å². The zero-order valence-corrected chi connectivity index (χ0v) is 14.3. The molecule has 1 aromatic rings. The predicted octanol–water partition coefficient (Wildman–Crippen LogP) is 2.25. The molecule has 1 aliphatic heterocycles. The van der Waals surface area contributed by atoms with Crippen molar-refractivity contribution in [2.24, 2.45) is 5.92 Å². The number of carbonyl (C=O) groups excluding carboxylic acids is 2. The van der Waals surface area contributed by atoms with Crippen molar-refractivity contribution in [3.63, 3.8) is 0 Å². The van der Waals surface area contributed by atoms with Gasteiger partial charge < -0.3 is 10.2 Å². The molecule has 1 saturated heterocycles. The molecule has 0 aromatic heterocycles. The van der Waals surface area contributed by atoms with Gasteiger partial charge in [0.15, 0.2) is 0 Å². The van der Waals surface area contributed by atoms with E-state index >= 15 is 0 Å². The summed E-state index contributed by atoms with van der Waals surface area (Å²) < 4.78 is 0. The van der Waals surface area contributed by atoms with Crippen molar-refractivity contribution in [2.45, 2.75) is 38.0 Å². The summed E-state index contributed by atoms with van der Waals surface area (Å²) in [7, 11) is 0. The fourth-order valence-electron chi connectivity index (χ4n) is 3.72. The largest absolute Gasteiger partial charge is 0.337 e. The fourth-order valence-corrected chi connectivity index (χ4v) is 3.72. The third-order valence-electron chi connectivity index (χ3n) is 5.63. The molecule has 1 aromatic carbocycles. The summed E-state index contributed by atoms with van der Waals surface area (Å²) in [6.07, 6.45) is 4.67. The second kappa shape index (κ2) is 5.80. The van der Waals surface area contributed by atoms with Crippen LogP contribution in [0.4, 0.5) is 4.79 Å². The average molecular weight is 327 g/mol. The highest BCUT2D eigenvalue weighted by Crippen LogP contribution is 2.48. The molecule has 128 valence electrons. The molecule has 2 aliphatic carbocycles. The smallest absolute Gasteiger partial charge is 0.319 e. The zero-order valence-electron chi connectivity index (χ0n) is 14.3. The van der Waals surface area contributed by atoms with Crippen molar-refractivity contribution in [1.82, 2.24) is 15.1 Å². The Bertz CT molecular complexity index is 664. The first-order valence-electron chi connectivity index (χ1n) is 8.94. The summed E-state index contributed by atoms with van der Waals surface area (Å²) in [5, 5.41) is 3.07. The lowest BCUT2D eigenvalue weighted by atomic mass is 9.92. The maximum atomic E-state index is 12.5. The van der Waals surface area contributed by atoms with Crippen LogP contribution in [0.25, 0.3) is 0 Å². The third kappa shape index (κ3) is 2.99. The fraction of sp³-hybridized carbons (Fsp3) is 0.579. The first kappa shape index (κ1) is 15.5. The minimum Gasteiger partial charge on any atom is -0.337 e. The number of amides is 3. The van der Waals surface area contributed by atoms with E-state index < -0.39 is 0 Å². The minimum atomic E-state index is -0.110. The Morgan fingerprint density at radius 3 is 2.71 bits per heavy atom. The summed E-state index contributed by atoms with van der Waals surface area (Å²) >= 11 is 0. The molecule has 3 amide bonds. The lowest BCUT2D eigenvalue weighted by molar-refractivity contribution is -0.126. The molecule has 5 heteroatoms. The van der Waals surface area contributed by atoms with Crippen LogP contribution in [0.2, 0.25) is 0 Å². The van der Waals surface area contributed by atoms with Crippen LogP contribution in [0.1, 0.15) is 36.8 Å². The number of nitrogens with zero attached hydrogens (tertiary/aromatic N) is 2. The number of hydrogen-bond acceptors (Lipinski definition) is 2. The Balaban J connectivity index is 1.34. The highest BCUT2D eigenvalue weighted by Gasteiger charge is 2.45. The van der Waals surface area contributed by atoms with Crippen LogP contribution in [0.5, 0.6) is 0 Å². The summed E-state index contributed by atoms with van der Waals surface area (Å²) in [5.74, 6) is 0.741. The second-order valence-corrected chi connectivity index (χ2v) is 7.65. The van der Waals surface area contributed by atoms with Gasteiger partial charge in [-0.15, -0.1) is 0 Å². The normalized spacial score (nSPS) is 22.0. The Morgan fingerprint density at radius 1 is 1.29 bits per heavy atom. The molecule has 3 aliphatic rings. The van der Waals surface area contributed by atoms with Gasteiger partial charge in [-0.3, -0.25) is 9.69 Å². The van der Waals surface area contributed by atoms with Gasteiger partial charge in [0.05, 0.1) is 6.67 Å². The van der Waals surface area contributed by atoms with Gasteiger partial charge in [-0.2, -0.15) is 0 Å². The molecule has 3 fully saturated rings. The molecule has 24 heavy (non-hydrogen) atoms. The van der Waals surface area contributed by atoms with E-state index in [1.54, 1.807) is 4.90 Å². The summed E-state index contributed by atoms with van der Waals surface area (Å²) in [6, 6.07) is 8.32. The zero-order chi connectivity index (χ0) is 16.7. The van der Waals surface area contributed by atoms with Gasteiger partial charge in [-0.1, -0.05) is 24.3 Å². The maximum Gasteiger partial charge on any atom is 0.319 e. The Morgan fingerprint density at radius 2 is 2.04 bits per heavy atom. The number of benzene rings is 1. The standard InChI is InChI=1S/C19H25N3O2/c1-14-4-2-3-5-16(14)19(8-9-19)12-20-18(24)22-11-17(23)21(13-22)10-15-6-7-15/h2-5,15H,6-13H2,1H3,(H,20,24). The molecule has 0 radical (unpaired) electrons. The lowest BCUT2D eigenvalue weighted by Gasteiger charge is -2.22. The van der Waals surface area contributed by atoms with Crippen molar-refractivity contribution >= 4 is 11.9 Å². The number of urea groups is 1. The molecule has 0 atom stereocenters. The van der Waals surface area contributed by atoms with Gasteiger partial charge >= 0.3 is 6.03 Å². The Labute approximate surface area is 143 Å². The summed E-state index contributed by atoms with van der Waals surface area (Å²) in [5.41, 5.74) is 2.73. The van der Waals surface area contributed by atoms with Crippen molar-refractivity contribution < 1.29 is 9.59 Å². The van der Waals surface area contributed by atoms with Crippen LogP contribution in [0.15, 0.2) is 24.3 Å². The number of rotatable bonds is 5. The van der Waals surface area contributed by atoms with E-state index in [2.05, 4.69) is 36.5 Å². The van der Waals surface area contributed by atoms with Gasteiger partial charge in [0, 0.05) is 18.5 Å².